The van der Waals surface area contributed by atoms with Gasteiger partial charge in [-0.1, -0.05) is 97.1 Å². The molecule has 0 saturated carbocycles. The summed E-state index contributed by atoms with van der Waals surface area (Å²) in [6.45, 7) is 0. The molecule has 2 heterocycles. The highest BCUT2D eigenvalue weighted by molar-refractivity contribution is 7.92. The number of hydrogen-bond acceptors (Lipinski definition) is 2. The van der Waals surface area contributed by atoms with Crippen molar-refractivity contribution in [3.05, 3.63) is 162 Å². The van der Waals surface area contributed by atoms with Crippen LogP contribution in [-0.4, -0.2) is 13.0 Å². The second-order valence-corrected chi connectivity index (χ2v) is 14.7. The standard InChI is InChI=1S/C43H25NO2S/c45-47(46)40-20-17-26(25-16-19-34-35(22-25)33-13-7-12-32-28-8-1-2-11-31(28)43(34)42(32)33)23-36(40)37-24-27(18-21-41(37)47)44-38-14-5-3-9-29(38)30-10-4-6-15-39(30)44/h1-24,43H. The van der Waals surface area contributed by atoms with Gasteiger partial charge in [0, 0.05) is 33.5 Å². The summed E-state index contributed by atoms with van der Waals surface area (Å²) in [7, 11) is -3.63. The molecule has 7 aromatic carbocycles. The molecule has 0 saturated heterocycles. The van der Waals surface area contributed by atoms with E-state index in [4.69, 9.17) is 0 Å². The lowest BCUT2D eigenvalue weighted by atomic mass is 9.91. The molecule has 3 nitrogen and oxygen atoms in total. The number of benzene rings is 7. The molecule has 3 aliphatic rings. The van der Waals surface area contributed by atoms with E-state index in [1.165, 1.54) is 49.7 Å². The van der Waals surface area contributed by atoms with Crippen molar-refractivity contribution in [2.75, 3.05) is 0 Å². The Bertz CT molecular complexity index is 2770. The van der Waals surface area contributed by atoms with Gasteiger partial charge in [0.1, 0.15) is 0 Å². The van der Waals surface area contributed by atoms with Crippen LogP contribution in [0, 0.1) is 0 Å². The van der Waals surface area contributed by atoms with Crippen LogP contribution in [0.5, 0.6) is 0 Å². The highest BCUT2D eigenvalue weighted by Crippen LogP contribution is 2.58. The summed E-state index contributed by atoms with van der Waals surface area (Å²) in [6.07, 6.45) is 0. The zero-order chi connectivity index (χ0) is 31.0. The van der Waals surface area contributed by atoms with Gasteiger partial charge in [-0.3, -0.25) is 0 Å². The highest BCUT2D eigenvalue weighted by Gasteiger charge is 2.39. The van der Waals surface area contributed by atoms with Crippen molar-refractivity contribution < 1.29 is 8.42 Å². The van der Waals surface area contributed by atoms with Gasteiger partial charge >= 0.3 is 0 Å². The molecule has 0 radical (unpaired) electrons. The van der Waals surface area contributed by atoms with E-state index in [1.807, 2.05) is 12.1 Å². The van der Waals surface area contributed by atoms with Crippen LogP contribution in [0.3, 0.4) is 0 Å². The lowest BCUT2D eigenvalue weighted by Crippen LogP contribution is -1.98. The molecule has 1 aliphatic heterocycles. The van der Waals surface area contributed by atoms with Crippen LogP contribution in [0.1, 0.15) is 22.6 Å². The summed E-state index contributed by atoms with van der Waals surface area (Å²) in [5, 5.41) is 2.35. The Morgan fingerprint density at radius 1 is 0.447 bits per heavy atom. The van der Waals surface area contributed by atoms with Gasteiger partial charge in [-0.25, -0.2) is 8.42 Å². The number of hydrogen-bond donors (Lipinski definition) is 0. The first-order valence-corrected chi connectivity index (χ1v) is 17.5. The summed E-state index contributed by atoms with van der Waals surface area (Å²) < 4.78 is 29.8. The molecule has 0 fully saturated rings. The van der Waals surface area contributed by atoms with Crippen molar-refractivity contribution in [3.63, 3.8) is 0 Å². The summed E-state index contributed by atoms with van der Waals surface area (Å²) in [5.74, 6) is 0.262. The van der Waals surface area contributed by atoms with Crippen LogP contribution < -0.4 is 0 Å². The van der Waals surface area contributed by atoms with Crippen molar-refractivity contribution in [1.29, 1.82) is 0 Å². The normalized spacial score (nSPS) is 15.8. The largest absolute Gasteiger partial charge is 0.309 e. The van der Waals surface area contributed by atoms with Crippen LogP contribution in [0.4, 0.5) is 0 Å². The Morgan fingerprint density at radius 3 is 1.77 bits per heavy atom. The number of sulfone groups is 1. The quantitative estimate of drug-likeness (QED) is 0.193. The summed E-state index contributed by atoms with van der Waals surface area (Å²) in [6, 6.07) is 50.6. The Morgan fingerprint density at radius 2 is 1.00 bits per heavy atom. The number of para-hydroxylation sites is 2. The predicted octanol–water partition coefficient (Wildman–Crippen LogP) is 10.4. The molecule has 8 aromatic rings. The average molecular weight is 620 g/mol. The minimum absolute atomic E-state index is 0.262. The first kappa shape index (κ1) is 25.5. The Kier molecular flexibility index (Phi) is 4.75. The van der Waals surface area contributed by atoms with E-state index in [0.29, 0.717) is 9.79 Å². The van der Waals surface area contributed by atoms with Gasteiger partial charge in [0.05, 0.1) is 20.8 Å². The number of aromatic nitrogens is 1. The van der Waals surface area contributed by atoms with E-state index in [-0.39, 0.29) is 5.92 Å². The fourth-order valence-electron chi connectivity index (χ4n) is 8.61. The van der Waals surface area contributed by atoms with Crippen molar-refractivity contribution in [3.8, 4) is 50.2 Å². The molecule has 220 valence electrons. The molecule has 0 N–H and O–H groups in total. The van der Waals surface area contributed by atoms with Gasteiger partial charge in [0.2, 0.25) is 9.84 Å². The van der Waals surface area contributed by atoms with Gasteiger partial charge in [0.15, 0.2) is 0 Å². The van der Waals surface area contributed by atoms with Gasteiger partial charge in [-0.2, -0.15) is 0 Å². The lowest BCUT2D eigenvalue weighted by molar-refractivity contribution is 0.598. The lowest BCUT2D eigenvalue weighted by Gasteiger charge is -2.13. The third-order valence-electron chi connectivity index (χ3n) is 10.6. The van der Waals surface area contributed by atoms with Gasteiger partial charge < -0.3 is 4.57 Å². The number of rotatable bonds is 2. The second-order valence-electron chi connectivity index (χ2n) is 12.9. The second kappa shape index (κ2) is 8.75. The molecule has 2 aliphatic carbocycles. The first-order chi connectivity index (χ1) is 23.1. The molecule has 11 rings (SSSR count). The first-order valence-electron chi connectivity index (χ1n) is 16.0. The smallest absolute Gasteiger partial charge is 0.207 e. The van der Waals surface area contributed by atoms with Crippen molar-refractivity contribution in [2.24, 2.45) is 0 Å². The molecule has 0 spiro atoms. The van der Waals surface area contributed by atoms with Crippen LogP contribution in [0.25, 0.3) is 72.0 Å². The predicted molar refractivity (Wildman–Crippen MR) is 189 cm³/mol. The molecule has 1 unspecified atom stereocenters. The summed E-state index contributed by atoms with van der Waals surface area (Å²) in [4.78, 5) is 0.742. The van der Waals surface area contributed by atoms with Gasteiger partial charge in [-0.05, 0) is 98.6 Å². The van der Waals surface area contributed by atoms with Gasteiger partial charge in [0.25, 0.3) is 0 Å². The van der Waals surface area contributed by atoms with Crippen molar-refractivity contribution in [2.45, 2.75) is 15.7 Å². The van der Waals surface area contributed by atoms with E-state index in [1.54, 1.807) is 12.1 Å². The third kappa shape index (κ3) is 3.18. The summed E-state index contributed by atoms with van der Waals surface area (Å²) >= 11 is 0. The van der Waals surface area contributed by atoms with Crippen LogP contribution in [0.15, 0.2) is 155 Å². The number of nitrogens with zero attached hydrogens (tertiary/aromatic N) is 1. The maximum Gasteiger partial charge on any atom is 0.207 e. The zero-order valence-corrected chi connectivity index (χ0v) is 25.9. The van der Waals surface area contributed by atoms with Crippen LogP contribution in [-0.2, 0) is 9.84 Å². The van der Waals surface area contributed by atoms with Crippen LogP contribution in [0.2, 0.25) is 0 Å². The highest BCUT2D eigenvalue weighted by atomic mass is 32.2. The van der Waals surface area contributed by atoms with Crippen LogP contribution >= 0.6 is 0 Å². The van der Waals surface area contributed by atoms with E-state index < -0.39 is 9.84 Å². The monoisotopic (exact) mass is 619 g/mol. The topological polar surface area (TPSA) is 39.1 Å². The molecule has 0 bridgehead atoms. The minimum Gasteiger partial charge on any atom is -0.309 e. The molecular formula is C43H25NO2S. The Balaban J connectivity index is 1.08. The van der Waals surface area contributed by atoms with Crippen molar-refractivity contribution in [1.82, 2.24) is 4.57 Å². The Hall–Kier alpha value is -5.71. The van der Waals surface area contributed by atoms with E-state index in [9.17, 15) is 8.42 Å². The maximum atomic E-state index is 13.8. The molecule has 1 atom stereocenters. The maximum absolute atomic E-state index is 13.8. The van der Waals surface area contributed by atoms with E-state index in [0.717, 1.165) is 39.0 Å². The molecule has 0 amide bonds. The molecular weight excluding hydrogens is 595 g/mol. The fraction of sp³-hybridized carbons (Fsp3) is 0.0233. The van der Waals surface area contributed by atoms with E-state index in [2.05, 4.69) is 126 Å². The fourth-order valence-corrected chi connectivity index (χ4v) is 10.3. The molecule has 4 heteroatoms. The average Bonchev–Trinajstić information content (AvgIpc) is 3.81. The molecule has 1 aromatic heterocycles. The molecule has 47 heavy (non-hydrogen) atoms. The van der Waals surface area contributed by atoms with Crippen molar-refractivity contribution >= 4 is 31.6 Å². The summed E-state index contributed by atoms with van der Waals surface area (Å²) in [5.41, 5.74) is 16.1. The third-order valence-corrected chi connectivity index (χ3v) is 12.5. The SMILES string of the molecule is O=S1(=O)c2ccc(-c3ccc4c(c3)-c3cccc5c3C4c3ccccc3-5)cc2-c2cc(-n3c4ccccc4c4ccccc43)ccc21. The zero-order valence-electron chi connectivity index (χ0n) is 25.1. The number of fused-ring (bicyclic) bond motifs is 12. The van der Waals surface area contributed by atoms with E-state index >= 15 is 0 Å². The minimum atomic E-state index is -3.63. The van der Waals surface area contributed by atoms with Gasteiger partial charge in [-0.15, -0.1) is 0 Å². The Labute approximate surface area is 271 Å².